The molecular formula is C16H34N2O. The first-order chi connectivity index (χ1) is 8.97. The molecule has 1 rings (SSSR count). The molecule has 0 aromatic heterocycles. The van der Waals surface area contributed by atoms with Crippen LogP contribution >= 0.6 is 0 Å². The average Bonchev–Trinajstić information content (AvgIpc) is 2.32. The zero-order valence-corrected chi connectivity index (χ0v) is 13.5. The number of rotatable bonds is 8. The largest absolute Gasteiger partial charge is 0.379 e. The van der Waals surface area contributed by atoms with Crippen molar-refractivity contribution < 1.29 is 4.74 Å². The first-order valence-corrected chi connectivity index (χ1v) is 7.98. The fraction of sp³-hybridized carbons (Fsp3) is 1.00. The van der Waals surface area contributed by atoms with Gasteiger partial charge in [-0.3, -0.25) is 4.90 Å². The lowest BCUT2D eigenvalue weighted by Crippen LogP contribution is -2.37. The maximum atomic E-state index is 5.35. The molecule has 1 heterocycles. The van der Waals surface area contributed by atoms with E-state index in [2.05, 4.69) is 37.9 Å². The first kappa shape index (κ1) is 16.9. The van der Waals surface area contributed by atoms with E-state index in [1.807, 2.05) is 0 Å². The van der Waals surface area contributed by atoms with Gasteiger partial charge in [-0.2, -0.15) is 0 Å². The zero-order valence-electron chi connectivity index (χ0n) is 13.5. The third-order valence-electron chi connectivity index (χ3n) is 3.71. The predicted octanol–water partition coefficient (Wildman–Crippen LogP) is 2.76. The van der Waals surface area contributed by atoms with E-state index >= 15 is 0 Å². The molecule has 1 fully saturated rings. The first-order valence-electron chi connectivity index (χ1n) is 7.98. The van der Waals surface area contributed by atoms with Crippen molar-refractivity contribution >= 4 is 0 Å². The molecule has 0 radical (unpaired) electrons. The van der Waals surface area contributed by atoms with Crippen molar-refractivity contribution in [1.29, 1.82) is 0 Å². The molecule has 0 saturated carbocycles. The third kappa shape index (κ3) is 9.42. The summed E-state index contributed by atoms with van der Waals surface area (Å²) in [5.41, 5.74) is 0.468. The molecule has 1 N–H and O–H groups in total. The lowest BCUT2D eigenvalue weighted by atomic mass is 9.84. The number of hydrogen-bond acceptors (Lipinski definition) is 3. The van der Waals surface area contributed by atoms with E-state index in [0.717, 1.165) is 38.8 Å². The Bertz CT molecular complexity index is 219. The van der Waals surface area contributed by atoms with Crippen LogP contribution in [-0.4, -0.2) is 50.8 Å². The number of hydrogen-bond donors (Lipinski definition) is 1. The molecule has 1 unspecified atom stereocenters. The number of nitrogens with zero attached hydrogens (tertiary/aromatic N) is 1. The van der Waals surface area contributed by atoms with E-state index in [4.69, 9.17) is 4.74 Å². The topological polar surface area (TPSA) is 24.5 Å². The van der Waals surface area contributed by atoms with Crippen LogP contribution in [0.3, 0.4) is 0 Å². The van der Waals surface area contributed by atoms with Crippen LogP contribution in [0.5, 0.6) is 0 Å². The normalized spacial score (nSPS) is 19.6. The van der Waals surface area contributed by atoms with E-state index in [0.29, 0.717) is 5.41 Å². The minimum atomic E-state index is 0.468. The van der Waals surface area contributed by atoms with Gasteiger partial charge in [0.15, 0.2) is 0 Å². The molecular weight excluding hydrogens is 236 g/mol. The van der Waals surface area contributed by atoms with Crippen LogP contribution in [0.2, 0.25) is 0 Å². The molecule has 3 nitrogen and oxygen atoms in total. The minimum Gasteiger partial charge on any atom is -0.379 e. The summed E-state index contributed by atoms with van der Waals surface area (Å²) in [5.74, 6) is 0.826. The highest BCUT2D eigenvalue weighted by atomic mass is 16.5. The Morgan fingerprint density at radius 2 is 1.84 bits per heavy atom. The molecule has 1 aliphatic rings. The molecule has 0 aromatic carbocycles. The van der Waals surface area contributed by atoms with E-state index in [-0.39, 0.29) is 0 Å². The third-order valence-corrected chi connectivity index (χ3v) is 3.71. The molecule has 0 bridgehead atoms. The van der Waals surface area contributed by atoms with E-state index in [1.165, 1.54) is 32.4 Å². The SMILES string of the molecule is CC(CCNCCCN1CCOCC1)CC(C)(C)C. The Balaban J connectivity index is 1.90. The van der Waals surface area contributed by atoms with Gasteiger partial charge in [0.05, 0.1) is 13.2 Å². The van der Waals surface area contributed by atoms with Gasteiger partial charge >= 0.3 is 0 Å². The number of ether oxygens (including phenoxy) is 1. The standard InChI is InChI=1S/C16H34N2O/c1-15(14-16(2,3)4)6-8-17-7-5-9-18-10-12-19-13-11-18/h15,17H,5-14H2,1-4H3. The van der Waals surface area contributed by atoms with Crippen LogP contribution in [0.1, 0.15) is 47.0 Å². The maximum absolute atomic E-state index is 5.35. The van der Waals surface area contributed by atoms with Gasteiger partial charge in [-0.1, -0.05) is 27.7 Å². The molecule has 114 valence electrons. The summed E-state index contributed by atoms with van der Waals surface area (Å²) in [5, 5.41) is 3.58. The second-order valence-corrected chi connectivity index (χ2v) is 7.22. The molecule has 19 heavy (non-hydrogen) atoms. The molecule has 0 aromatic rings. The zero-order chi connectivity index (χ0) is 14.1. The summed E-state index contributed by atoms with van der Waals surface area (Å²) in [4.78, 5) is 2.51. The second kappa shape index (κ2) is 8.93. The van der Waals surface area contributed by atoms with Gasteiger partial charge in [-0.25, -0.2) is 0 Å². The Hall–Kier alpha value is -0.120. The Kier molecular flexibility index (Phi) is 7.96. The lowest BCUT2D eigenvalue weighted by molar-refractivity contribution is 0.0374. The highest BCUT2D eigenvalue weighted by Gasteiger charge is 2.14. The van der Waals surface area contributed by atoms with Crippen molar-refractivity contribution in [1.82, 2.24) is 10.2 Å². The maximum Gasteiger partial charge on any atom is 0.0594 e. The summed E-state index contributed by atoms with van der Waals surface area (Å²) in [7, 11) is 0. The summed E-state index contributed by atoms with van der Waals surface area (Å²) >= 11 is 0. The Morgan fingerprint density at radius 1 is 1.16 bits per heavy atom. The van der Waals surface area contributed by atoms with Crippen LogP contribution in [0.15, 0.2) is 0 Å². The second-order valence-electron chi connectivity index (χ2n) is 7.22. The van der Waals surface area contributed by atoms with Crippen LogP contribution in [0.25, 0.3) is 0 Å². The Morgan fingerprint density at radius 3 is 2.47 bits per heavy atom. The quantitative estimate of drug-likeness (QED) is 0.686. The molecule has 1 atom stereocenters. The summed E-state index contributed by atoms with van der Waals surface area (Å²) < 4.78 is 5.35. The van der Waals surface area contributed by atoms with E-state index in [9.17, 15) is 0 Å². The predicted molar refractivity (Wildman–Crippen MR) is 82.6 cm³/mol. The molecule has 0 aliphatic carbocycles. The summed E-state index contributed by atoms with van der Waals surface area (Å²) in [6.45, 7) is 17.0. The van der Waals surface area contributed by atoms with Crippen LogP contribution < -0.4 is 5.32 Å². The van der Waals surface area contributed by atoms with Crippen LogP contribution in [0, 0.1) is 11.3 Å². The van der Waals surface area contributed by atoms with Gasteiger partial charge in [0, 0.05) is 13.1 Å². The molecule has 0 spiro atoms. The van der Waals surface area contributed by atoms with Crippen molar-refractivity contribution in [2.45, 2.75) is 47.0 Å². The lowest BCUT2D eigenvalue weighted by Gasteiger charge is -2.26. The number of nitrogens with one attached hydrogen (secondary N) is 1. The van der Waals surface area contributed by atoms with Crippen LogP contribution in [0.4, 0.5) is 0 Å². The van der Waals surface area contributed by atoms with Gasteiger partial charge in [-0.15, -0.1) is 0 Å². The average molecular weight is 270 g/mol. The van der Waals surface area contributed by atoms with Gasteiger partial charge < -0.3 is 10.1 Å². The smallest absolute Gasteiger partial charge is 0.0594 e. The van der Waals surface area contributed by atoms with Crippen molar-refractivity contribution in [2.24, 2.45) is 11.3 Å². The van der Waals surface area contributed by atoms with Crippen LogP contribution in [-0.2, 0) is 4.74 Å². The van der Waals surface area contributed by atoms with Gasteiger partial charge in [-0.05, 0) is 50.2 Å². The Labute approximate surface area is 120 Å². The molecule has 3 heteroatoms. The highest BCUT2D eigenvalue weighted by Crippen LogP contribution is 2.25. The van der Waals surface area contributed by atoms with Gasteiger partial charge in [0.1, 0.15) is 0 Å². The summed E-state index contributed by atoms with van der Waals surface area (Å²) in [6.07, 6.45) is 3.88. The minimum absolute atomic E-state index is 0.468. The van der Waals surface area contributed by atoms with Gasteiger partial charge in [0.25, 0.3) is 0 Å². The summed E-state index contributed by atoms with van der Waals surface area (Å²) in [6, 6.07) is 0. The molecule has 0 amide bonds. The number of morpholine rings is 1. The van der Waals surface area contributed by atoms with Crippen molar-refractivity contribution in [2.75, 3.05) is 45.9 Å². The van der Waals surface area contributed by atoms with Crippen molar-refractivity contribution in [3.63, 3.8) is 0 Å². The van der Waals surface area contributed by atoms with Gasteiger partial charge in [0.2, 0.25) is 0 Å². The molecule has 1 aliphatic heterocycles. The van der Waals surface area contributed by atoms with Crippen molar-refractivity contribution in [3.8, 4) is 0 Å². The van der Waals surface area contributed by atoms with E-state index in [1.54, 1.807) is 0 Å². The highest BCUT2D eigenvalue weighted by molar-refractivity contribution is 4.67. The monoisotopic (exact) mass is 270 g/mol. The fourth-order valence-corrected chi connectivity index (χ4v) is 2.87. The van der Waals surface area contributed by atoms with Crippen molar-refractivity contribution in [3.05, 3.63) is 0 Å². The van der Waals surface area contributed by atoms with E-state index < -0.39 is 0 Å². The molecule has 1 saturated heterocycles. The fourth-order valence-electron chi connectivity index (χ4n) is 2.87.